The molecule has 8 nitrogen and oxygen atoms in total. The molecular formula is C27H26N3O5+. The smallest absolute Gasteiger partial charge is 0.290 e. The lowest BCUT2D eigenvalue weighted by molar-refractivity contribution is -0.857. The Morgan fingerprint density at radius 3 is 2.57 bits per heavy atom. The molecule has 5 rings (SSSR count). The number of nitrogens with zero attached hydrogens (tertiary/aromatic N) is 2. The number of Topliss-reactive ketones (excluding diaryl/α,β-unsaturated/α-hetero) is 1. The molecule has 1 spiro atoms. The van der Waals surface area contributed by atoms with Crippen LogP contribution in [0.4, 0.5) is 5.69 Å². The molecule has 0 radical (unpaired) electrons. The Kier molecular flexibility index (Phi) is 5.33. The highest BCUT2D eigenvalue weighted by molar-refractivity contribution is 6.26. The second-order valence-corrected chi connectivity index (χ2v) is 9.05. The third-order valence-electron chi connectivity index (χ3n) is 6.61. The van der Waals surface area contributed by atoms with Gasteiger partial charge in [0.15, 0.2) is 17.1 Å². The molecule has 0 saturated carbocycles. The summed E-state index contributed by atoms with van der Waals surface area (Å²) in [5.41, 5.74) is -0.547. The van der Waals surface area contributed by atoms with Gasteiger partial charge < -0.3 is 24.2 Å². The van der Waals surface area contributed by atoms with E-state index in [1.165, 1.54) is 9.80 Å². The number of carbonyl (C=O) groups is 3. The number of fused-ring (bicyclic) bond motifs is 3. The first kappa shape index (κ1) is 22.6. The summed E-state index contributed by atoms with van der Waals surface area (Å²) in [5.74, 6) is -2.71. The molecule has 0 aliphatic carbocycles. The van der Waals surface area contributed by atoms with Gasteiger partial charge in [-0.15, -0.1) is 6.58 Å². The van der Waals surface area contributed by atoms with Gasteiger partial charge in [-0.1, -0.05) is 42.5 Å². The quantitative estimate of drug-likeness (QED) is 0.404. The van der Waals surface area contributed by atoms with Crippen LogP contribution in [-0.2, 0) is 15.1 Å². The molecule has 1 atom stereocenters. The van der Waals surface area contributed by atoms with Crippen molar-refractivity contribution in [2.75, 3.05) is 38.6 Å². The summed E-state index contributed by atoms with van der Waals surface area (Å²) in [6.07, 6.45) is 1.59. The topological polar surface area (TPSA) is 95.5 Å². The number of furan rings is 1. The van der Waals surface area contributed by atoms with Crippen LogP contribution in [0.25, 0.3) is 11.0 Å². The van der Waals surface area contributed by atoms with E-state index >= 15 is 0 Å². The Balaban J connectivity index is 1.75. The summed E-state index contributed by atoms with van der Waals surface area (Å²) in [6.45, 7) is 4.61. The largest absolute Gasteiger partial charge is 0.503 e. The van der Waals surface area contributed by atoms with Crippen LogP contribution in [0.15, 0.2) is 83.0 Å². The van der Waals surface area contributed by atoms with Crippen molar-refractivity contribution in [2.24, 2.45) is 0 Å². The molecular weight excluding hydrogens is 446 g/mol. The van der Waals surface area contributed by atoms with Crippen LogP contribution in [0.5, 0.6) is 0 Å². The predicted molar refractivity (Wildman–Crippen MR) is 130 cm³/mol. The molecule has 3 aromatic rings. The van der Waals surface area contributed by atoms with Crippen LogP contribution in [0.3, 0.4) is 0 Å². The van der Waals surface area contributed by atoms with Gasteiger partial charge in [-0.3, -0.25) is 14.4 Å². The van der Waals surface area contributed by atoms with Crippen molar-refractivity contribution >= 4 is 34.3 Å². The van der Waals surface area contributed by atoms with E-state index in [2.05, 4.69) is 6.58 Å². The fourth-order valence-electron chi connectivity index (χ4n) is 5.03. The molecule has 0 fully saturated rings. The van der Waals surface area contributed by atoms with E-state index in [1.807, 2.05) is 20.2 Å². The second kappa shape index (κ2) is 8.25. The van der Waals surface area contributed by atoms with Crippen molar-refractivity contribution in [1.29, 1.82) is 0 Å². The zero-order valence-corrected chi connectivity index (χ0v) is 19.6. The summed E-state index contributed by atoms with van der Waals surface area (Å²) in [5, 5.41) is 11.8. The Morgan fingerprint density at radius 2 is 1.86 bits per heavy atom. The zero-order valence-electron chi connectivity index (χ0n) is 19.6. The molecule has 2 aliphatic rings. The van der Waals surface area contributed by atoms with Gasteiger partial charge in [-0.25, -0.2) is 0 Å². The van der Waals surface area contributed by atoms with Crippen molar-refractivity contribution in [3.63, 3.8) is 0 Å². The lowest BCUT2D eigenvalue weighted by atomic mass is 9.81. The predicted octanol–water partition coefficient (Wildman–Crippen LogP) is 1.84. The molecule has 2 N–H and O–H groups in total. The first-order valence-corrected chi connectivity index (χ1v) is 11.4. The van der Waals surface area contributed by atoms with Crippen LogP contribution >= 0.6 is 0 Å². The molecule has 2 aliphatic heterocycles. The van der Waals surface area contributed by atoms with Crippen LogP contribution in [0.1, 0.15) is 16.1 Å². The van der Waals surface area contributed by atoms with Crippen LogP contribution in [-0.4, -0.2) is 61.3 Å². The highest BCUT2D eigenvalue weighted by Crippen LogP contribution is 2.53. The Labute approximate surface area is 202 Å². The number of ketones is 1. The van der Waals surface area contributed by atoms with Crippen molar-refractivity contribution in [3.8, 4) is 0 Å². The number of anilines is 1. The SMILES string of the molecule is C=CCN1C(=O)[C@]2(C(C(=O)c3cc4ccccc4o3)=C(O)C(=O)N2CC[NH+](C)C)c2ccccc21. The maximum Gasteiger partial charge on any atom is 0.290 e. The third kappa shape index (κ3) is 3.14. The molecule has 2 amide bonds. The highest BCUT2D eigenvalue weighted by atomic mass is 16.3. The molecule has 2 aromatic carbocycles. The third-order valence-corrected chi connectivity index (χ3v) is 6.61. The lowest BCUT2D eigenvalue weighted by Crippen LogP contribution is -3.06. The average Bonchev–Trinajstić information content (AvgIpc) is 3.45. The van der Waals surface area contributed by atoms with Crippen molar-refractivity contribution in [2.45, 2.75) is 5.54 Å². The maximum absolute atomic E-state index is 14.2. The first-order valence-electron chi connectivity index (χ1n) is 11.4. The minimum atomic E-state index is -1.80. The van der Waals surface area contributed by atoms with Gasteiger partial charge in [0.2, 0.25) is 5.78 Å². The minimum Gasteiger partial charge on any atom is -0.503 e. The van der Waals surface area contributed by atoms with Gasteiger partial charge in [0.05, 0.1) is 38.4 Å². The van der Waals surface area contributed by atoms with E-state index in [-0.39, 0.29) is 24.4 Å². The van der Waals surface area contributed by atoms with Crippen LogP contribution in [0.2, 0.25) is 0 Å². The number of likely N-dealkylation sites (N-methyl/N-ethyl adjacent to an activating group) is 1. The number of quaternary nitrogens is 1. The Morgan fingerprint density at radius 1 is 1.14 bits per heavy atom. The zero-order chi connectivity index (χ0) is 24.9. The number of rotatable bonds is 7. The number of carbonyl (C=O) groups excluding carboxylic acids is 3. The summed E-state index contributed by atoms with van der Waals surface area (Å²) in [7, 11) is 3.85. The van der Waals surface area contributed by atoms with Crippen LogP contribution < -0.4 is 9.80 Å². The summed E-state index contributed by atoms with van der Waals surface area (Å²) >= 11 is 0. The van der Waals surface area contributed by atoms with Gasteiger partial charge >= 0.3 is 0 Å². The lowest BCUT2D eigenvalue weighted by Gasteiger charge is -2.35. The highest BCUT2D eigenvalue weighted by Gasteiger charge is 2.66. The first-order chi connectivity index (χ1) is 16.8. The number of nitrogens with one attached hydrogen (secondary N) is 1. The Bertz CT molecular complexity index is 1390. The second-order valence-electron chi connectivity index (χ2n) is 9.05. The number of amides is 2. The van der Waals surface area contributed by atoms with Gasteiger partial charge in [-0.05, 0) is 18.2 Å². The number of para-hydroxylation sites is 2. The van der Waals surface area contributed by atoms with E-state index < -0.39 is 28.9 Å². The normalized spacial score (nSPS) is 19.5. The molecule has 3 heterocycles. The number of aliphatic hydroxyl groups excluding tert-OH is 1. The summed E-state index contributed by atoms with van der Waals surface area (Å²) < 4.78 is 5.79. The van der Waals surface area contributed by atoms with Crippen molar-refractivity contribution in [3.05, 3.63) is 89.9 Å². The number of hydrogen-bond acceptors (Lipinski definition) is 5. The Hall–Kier alpha value is -4.17. The number of aliphatic hydroxyl groups is 1. The van der Waals surface area contributed by atoms with Gasteiger partial charge in [0, 0.05) is 17.5 Å². The number of benzene rings is 2. The molecule has 0 unspecified atom stereocenters. The van der Waals surface area contributed by atoms with E-state index in [1.54, 1.807) is 54.6 Å². The standard InChI is InChI=1S/C27H25N3O5/c1-4-13-29-19-11-7-6-10-18(19)27(26(29)34)22(24(32)25(33)30(27)15-14-28(2)3)23(31)21-16-17-9-5-8-12-20(17)35-21/h4-12,16,32H,1,13-15H2,2-3H3/p+1/t27-/m1/s1. The molecule has 1 aromatic heterocycles. The van der Waals surface area contributed by atoms with E-state index in [9.17, 15) is 19.5 Å². The summed E-state index contributed by atoms with van der Waals surface area (Å²) in [6, 6.07) is 15.7. The minimum absolute atomic E-state index is 0.0486. The van der Waals surface area contributed by atoms with E-state index in [4.69, 9.17) is 4.42 Å². The van der Waals surface area contributed by atoms with E-state index in [0.717, 1.165) is 4.90 Å². The molecule has 178 valence electrons. The molecule has 0 bridgehead atoms. The van der Waals surface area contributed by atoms with Crippen molar-refractivity contribution < 1.29 is 28.8 Å². The molecule has 8 heteroatoms. The van der Waals surface area contributed by atoms with Gasteiger partial charge in [0.1, 0.15) is 5.58 Å². The van der Waals surface area contributed by atoms with Gasteiger partial charge in [0.25, 0.3) is 11.8 Å². The summed E-state index contributed by atoms with van der Waals surface area (Å²) in [4.78, 5) is 45.5. The molecule has 35 heavy (non-hydrogen) atoms. The monoisotopic (exact) mass is 472 g/mol. The molecule has 0 saturated heterocycles. The fourth-order valence-corrected chi connectivity index (χ4v) is 5.03. The average molecular weight is 473 g/mol. The van der Waals surface area contributed by atoms with E-state index in [0.29, 0.717) is 28.8 Å². The fraction of sp³-hybridized carbons (Fsp3) is 0.222. The van der Waals surface area contributed by atoms with Crippen molar-refractivity contribution in [1.82, 2.24) is 4.90 Å². The van der Waals surface area contributed by atoms with Crippen LogP contribution in [0, 0.1) is 0 Å². The number of hydrogen-bond donors (Lipinski definition) is 2. The van der Waals surface area contributed by atoms with Gasteiger partial charge in [-0.2, -0.15) is 0 Å². The maximum atomic E-state index is 14.2.